The Morgan fingerprint density at radius 1 is 1.27 bits per heavy atom. The number of hydrogen-bond donors (Lipinski definition) is 2. The van der Waals surface area contributed by atoms with E-state index in [9.17, 15) is 0 Å². The predicted octanol–water partition coefficient (Wildman–Crippen LogP) is 4.60. The fraction of sp³-hybridized carbons (Fsp3) is 0.529. The summed E-state index contributed by atoms with van der Waals surface area (Å²) in [5.41, 5.74) is 0. The zero-order chi connectivity index (χ0) is 16.5. The van der Waals surface area contributed by atoms with Crippen molar-refractivity contribution < 1.29 is 14.3 Å². The Morgan fingerprint density at radius 3 is 2.41 bits per heavy atom. The van der Waals surface area contributed by atoms with E-state index in [-0.39, 0.29) is 6.47 Å². The van der Waals surface area contributed by atoms with E-state index in [1.165, 1.54) is 38.5 Å². The van der Waals surface area contributed by atoms with Gasteiger partial charge in [0.1, 0.15) is 11.6 Å². The SMILES string of the molecule is CCCCCCCCc1ncc[nH]1.Cc1ccco1.O=CO. The van der Waals surface area contributed by atoms with Crippen molar-refractivity contribution in [3.8, 4) is 0 Å². The Kier molecular flexibility index (Phi) is 13.9. The molecule has 124 valence electrons. The van der Waals surface area contributed by atoms with Crippen LogP contribution in [0.1, 0.15) is 57.0 Å². The summed E-state index contributed by atoms with van der Waals surface area (Å²) in [6, 6.07) is 3.79. The number of aromatic amines is 1. The number of H-pyrrole nitrogens is 1. The molecule has 22 heavy (non-hydrogen) atoms. The molecule has 0 aliphatic carbocycles. The molecule has 5 heteroatoms. The number of aryl methyl sites for hydroxylation is 2. The predicted molar refractivity (Wildman–Crippen MR) is 87.8 cm³/mol. The summed E-state index contributed by atoms with van der Waals surface area (Å²) in [5, 5.41) is 6.89. The first kappa shape index (κ1) is 20.0. The lowest BCUT2D eigenvalue weighted by molar-refractivity contribution is -0.122. The molecule has 0 atom stereocenters. The highest BCUT2D eigenvalue weighted by atomic mass is 16.3. The molecule has 0 saturated carbocycles. The summed E-state index contributed by atoms with van der Waals surface area (Å²) < 4.78 is 4.83. The number of aromatic nitrogens is 2. The molecule has 0 saturated heterocycles. The van der Waals surface area contributed by atoms with Crippen LogP contribution < -0.4 is 0 Å². The van der Waals surface area contributed by atoms with Crippen LogP contribution in [0.2, 0.25) is 0 Å². The van der Waals surface area contributed by atoms with Gasteiger partial charge in [0.25, 0.3) is 6.47 Å². The Hall–Kier alpha value is -2.04. The van der Waals surface area contributed by atoms with Gasteiger partial charge in [-0.1, -0.05) is 39.0 Å². The van der Waals surface area contributed by atoms with Crippen LogP contribution in [0.5, 0.6) is 0 Å². The van der Waals surface area contributed by atoms with Crippen molar-refractivity contribution in [1.82, 2.24) is 9.97 Å². The van der Waals surface area contributed by atoms with Gasteiger partial charge in [0.05, 0.1) is 6.26 Å². The molecule has 0 aliphatic heterocycles. The van der Waals surface area contributed by atoms with E-state index in [0.29, 0.717) is 0 Å². The number of hydrogen-bond acceptors (Lipinski definition) is 3. The molecule has 0 unspecified atom stereocenters. The Bertz CT molecular complexity index is 425. The maximum Gasteiger partial charge on any atom is 0.290 e. The minimum atomic E-state index is -0.250. The third kappa shape index (κ3) is 13.0. The van der Waals surface area contributed by atoms with Crippen LogP contribution in [0, 0.1) is 6.92 Å². The van der Waals surface area contributed by atoms with Crippen LogP contribution in [0.25, 0.3) is 0 Å². The second kappa shape index (κ2) is 15.4. The number of imidazole rings is 1. The van der Waals surface area contributed by atoms with Crippen molar-refractivity contribution in [1.29, 1.82) is 0 Å². The van der Waals surface area contributed by atoms with Crippen molar-refractivity contribution in [3.63, 3.8) is 0 Å². The maximum absolute atomic E-state index is 8.36. The van der Waals surface area contributed by atoms with Crippen LogP contribution in [-0.4, -0.2) is 21.5 Å². The van der Waals surface area contributed by atoms with E-state index < -0.39 is 0 Å². The van der Waals surface area contributed by atoms with Gasteiger partial charge < -0.3 is 14.5 Å². The summed E-state index contributed by atoms with van der Waals surface area (Å²) in [6.07, 6.45) is 14.6. The quantitative estimate of drug-likeness (QED) is 0.578. The van der Waals surface area contributed by atoms with Crippen LogP contribution in [0.4, 0.5) is 0 Å². The minimum Gasteiger partial charge on any atom is -0.483 e. The number of rotatable bonds is 7. The average molecular weight is 308 g/mol. The molecular weight excluding hydrogens is 280 g/mol. The summed E-state index contributed by atoms with van der Waals surface area (Å²) in [5.74, 6) is 2.10. The topological polar surface area (TPSA) is 79.1 Å². The van der Waals surface area contributed by atoms with Gasteiger partial charge in [-0.3, -0.25) is 4.79 Å². The van der Waals surface area contributed by atoms with Crippen molar-refractivity contribution >= 4 is 6.47 Å². The van der Waals surface area contributed by atoms with Crippen molar-refractivity contribution in [2.45, 2.75) is 58.8 Å². The third-order valence-corrected chi connectivity index (χ3v) is 2.99. The molecule has 2 aromatic rings. The average Bonchev–Trinajstić information content (AvgIpc) is 3.18. The normalized spacial score (nSPS) is 9.18. The number of carbonyl (C=O) groups is 1. The molecule has 2 aromatic heterocycles. The summed E-state index contributed by atoms with van der Waals surface area (Å²) in [7, 11) is 0. The van der Waals surface area contributed by atoms with Gasteiger partial charge in [-0.2, -0.15) is 0 Å². The second-order valence-corrected chi connectivity index (χ2v) is 4.88. The number of nitrogens with one attached hydrogen (secondary N) is 1. The summed E-state index contributed by atoms with van der Waals surface area (Å²) in [6.45, 7) is 3.92. The van der Waals surface area contributed by atoms with Gasteiger partial charge in [-0.15, -0.1) is 0 Å². The van der Waals surface area contributed by atoms with E-state index in [2.05, 4.69) is 16.9 Å². The number of carboxylic acid groups (broad SMARTS) is 1. The molecule has 0 bridgehead atoms. The molecule has 0 amide bonds. The maximum atomic E-state index is 8.36. The molecule has 2 N–H and O–H groups in total. The van der Waals surface area contributed by atoms with Crippen LogP contribution in [0.3, 0.4) is 0 Å². The fourth-order valence-electron chi connectivity index (χ4n) is 1.87. The first-order valence-electron chi connectivity index (χ1n) is 7.80. The van der Waals surface area contributed by atoms with Crippen LogP contribution >= 0.6 is 0 Å². The van der Waals surface area contributed by atoms with E-state index in [1.54, 1.807) is 6.26 Å². The molecule has 2 heterocycles. The Morgan fingerprint density at radius 2 is 1.95 bits per heavy atom. The van der Waals surface area contributed by atoms with Gasteiger partial charge in [0.2, 0.25) is 0 Å². The largest absolute Gasteiger partial charge is 0.483 e. The van der Waals surface area contributed by atoms with Gasteiger partial charge in [0, 0.05) is 18.8 Å². The highest BCUT2D eigenvalue weighted by molar-refractivity contribution is 5.32. The lowest BCUT2D eigenvalue weighted by Gasteiger charge is -1.98. The van der Waals surface area contributed by atoms with E-state index in [0.717, 1.165) is 18.0 Å². The fourth-order valence-corrected chi connectivity index (χ4v) is 1.87. The molecule has 0 radical (unpaired) electrons. The van der Waals surface area contributed by atoms with Crippen molar-refractivity contribution in [3.05, 3.63) is 42.4 Å². The lowest BCUT2D eigenvalue weighted by Crippen LogP contribution is -1.88. The smallest absolute Gasteiger partial charge is 0.290 e. The number of unbranched alkanes of at least 4 members (excludes halogenated alkanes) is 5. The standard InChI is InChI=1S/C11H20N2.C5H6O.CH2O2/c1-2-3-4-5-6-7-8-11-12-9-10-13-11;1-5-3-2-4-6-5;2-1-3/h9-10H,2-8H2,1H3,(H,12,13);2-4H,1H3;1H,(H,2,3). The van der Waals surface area contributed by atoms with Crippen molar-refractivity contribution in [2.24, 2.45) is 0 Å². The summed E-state index contributed by atoms with van der Waals surface area (Å²) >= 11 is 0. The number of nitrogens with zero attached hydrogens (tertiary/aromatic N) is 1. The van der Waals surface area contributed by atoms with Crippen LogP contribution in [-0.2, 0) is 11.2 Å². The molecule has 2 rings (SSSR count). The highest BCUT2D eigenvalue weighted by Gasteiger charge is 1.94. The van der Waals surface area contributed by atoms with Gasteiger partial charge in [0.15, 0.2) is 0 Å². The van der Waals surface area contributed by atoms with Crippen molar-refractivity contribution in [2.75, 3.05) is 0 Å². The molecule has 0 aromatic carbocycles. The van der Waals surface area contributed by atoms with Gasteiger partial charge in [-0.05, 0) is 25.5 Å². The van der Waals surface area contributed by atoms with Gasteiger partial charge in [-0.25, -0.2) is 4.98 Å². The monoisotopic (exact) mass is 308 g/mol. The molecule has 0 spiro atoms. The molecular formula is C17H28N2O3. The van der Waals surface area contributed by atoms with E-state index >= 15 is 0 Å². The number of furan rings is 1. The van der Waals surface area contributed by atoms with Gasteiger partial charge >= 0.3 is 0 Å². The Balaban J connectivity index is 0.000000404. The highest BCUT2D eigenvalue weighted by Crippen LogP contribution is 2.07. The first-order valence-corrected chi connectivity index (χ1v) is 7.80. The zero-order valence-corrected chi connectivity index (χ0v) is 13.6. The zero-order valence-electron chi connectivity index (χ0n) is 13.6. The molecule has 0 fully saturated rings. The van der Waals surface area contributed by atoms with E-state index in [1.807, 2.05) is 31.5 Å². The lowest BCUT2D eigenvalue weighted by atomic mass is 10.1. The van der Waals surface area contributed by atoms with Crippen LogP contribution in [0.15, 0.2) is 35.2 Å². The Labute approximate surface area is 132 Å². The summed E-state index contributed by atoms with van der Waals surface area (Å²) in [4.78, 5) is 15.7. The second-order valence-electron chi connectivity index (χ2n) is 4.88. The third-order valence-electron chi connectivity index (χ3n) is 2.99. The molecule has 5 nitrogen and oxygen atoms in total. The van der Waals surface area contributed by atoms with E-state index in [4.69, 9.17) is 14.3 Å². The molecule has 0 aliphatic rings. The minimum absolute atomic E-state index is 0.250. The first-order chi connectivity index (χ1) is 10.7.